The van der Waals surface area contributed by atoms with Crippen molar-refractivity contribution in [1.82, 2.24) is 9.97 Å². The summed E-state index contributed by atoms with van der Waals surface area (Å²) in [6, 6.07) is 7.00. The highest BCUT2D eigenvalue weighted by atomic mass is 79.9. The number of fused-ring (bicyclic) bond motifs is 1. The van der Waals surface area contributed by atoms with Crippen LogP contribution in [0.5, 0.6) is 0 Å². The maximum Gasteiger partial charge on any atom is 0.259 e. The van der Waals surface area contributed by atoms with E-state index in [1.807, 2.05) is 0 Å². The molecule has 3 rings (SSSR count). The average molecular weight is 355 g/mol. The molecule has 21 heavy (non-hydrogen) atoms. The van der Waals surface area contributed by atoms with Gasteiger partial charge in [0.05, 0.1) is 20.9 Å². The van der Waals surface area contributed by atoms with E-state index in [1.165, 1.54) is 12.1 Å². The van der Waals surface area contributed by atoms with E-state index >= 15 is 0 Å². The van der Waals surface area contributed by atoms with Gasteiger partial charge in [-0.15, -0.1) is 0 Å². The van der Waals surface area contributed by atoms with Crippen molar-refractivity contribution in [2.24, 2.45) is 0 Å². The second-order valence-corrected chi connectivity index (χ2v) is 5.13. The number of rotatable bonds is 1. The van der Waals surface area contributed by atoms with Crippen molar-refractivity contribution in [2.45, 2.75) is 0 Å². The van der Waals surface area contributed by atoms with Gasteiger partial charge in [0, 0.05) is 0 Å². The molecule has 0 aliphatic rings. The molecule has 7 heteroatoms. The molecule has 2 aromatic carbocycles. The fourth-order valence-corrected chi connectivity index (χ4v) is 2.39. The Hall–Kier alpha value is -2.15. The van der Waals surface area contributed by atoms with E-state index < -0.39 is 28.6 Å². The molecule has 106 valence electrons. The Morgan fingerprint density at radius 1 is 1.10 bits per heavy atom. The third kappa shape index (κ3) is 2.23. The Morgan fingerprint density at radius 2 is 1.81 bits per heavy atom. The second kappa shape index (κ2) is 5.00. The fourth-order valence-electron chi connectivity index (χ4n) is 1.99. The topological polar surface area (TPSA) is 45.8 Å². The van der Waals surface area contributed by atoms with Gasteiger partial charge in [-0.05, 0) is 34.1 Å². The molecular formula is C14H6BrF3N2O. The Kier molecular flexibility index (Phi) is 3.29. The number of benzene rings is 2. The minimum absolute atomic E-state index is 0.257. The molecule has 1 heterocycles. The summed E-state index contributed by atoms with van der Waals surface area (Å²) in [5.74, 6) is -4.05. The molecule has 0 saturated carbocycles. The van der Waals surface area contributed by atoms with E-state index in [2.05, 4.69) is 25.9 Å². The number of nitrogens with one attached hydrogen (secondary N) is 1. The Morgan fingerprint density at radius 3 is 2.57 bits per heavy atom. The number of nitrogens with zero attached hydrogens (tertiary/aromatic N) is 1. The Bertz CT molecular complexity index is 898. The summed E-state index contributed by atoms with van der Waals surface area (Å²) in [6.45, 7) is 0. The zero-order valence-corrected chi connectivity index (χ0v) is 11.8. The summed E-state index contributed by atoms with van der Waals surface area (Å²) in [7, 11) is 0. The van der Waals surface area contributed by atoms with Crippen LogP contribution < -0.4 is 5.56 Å². The summed E-state index contributed by atoms with van der Waals surface area (Å²) in [6.07, 6.45) is 0. The first-order valence-corrected chi connectivity index (χ1v) is 6.60. The highest BCUT2D eigenvalue weighted by molar-refractivity contribution is 9.10. The van der Waals surface area contributed by atoms with Crippen LogP contribution in [-0.2, 0) is 0 Å². The number of H-pyrrole nitrogens is 1. The highest BCUT2D eigenvalue weighted by Crippen LogP contribution is 2.30. The summed E-state index contributed by atoms with van der Waals surface area (Å²) < 4.78 is 41.1. The molecule has 1 N–H and O–H groups in total. The van der Waals surface area contributed by atoms with Gasteiger partial charge in [-0.25, -0.2) is 18.2 Å². The number of halogens is 4. The van der Waals surface area contributed by atoms with Gasteiger partial charge in [0.25, 0.3) is 5.56 Å². The van der Waals surface area contributed by atoms with Crippen LogP contribution in [0.3, 0.4) is 0 Å². The molecule has 3 aromatic rings. The maximum atomic E-state index is 14.0. The molecule has 0 aliphatic heterocycles. The molecule has 0 spiro atoms. The first-order chi connectivity index (χ1) is 9.99. The van der Waals surface area contributed by atoms with E-state index in [-0.39, 0.29) is 21.2 Å². The molecule has 0 unspecified atom stereocenters. The lowest BCUT2D eigenvalue weighted by atomic mass is 10.1. The molecule has 0 fully saturated rings. The molecule has 0 amide bonds. The lowest BCUT2D eigenvalue weighted by molar-refractivity contribution is 0.496. The van der Waals surface area contributed by atoms with Crippen LogP contribution in [-0.4, -0.2) is 9.97 Å². The molecule has 0 atom stereocenters. The quantitative estimate of drug-likeness (QED) is 0.676. The molecule has 0 saturated heterocycles. The van der Waals surface area contributed by atoms with Crippen molar-refractivity contribution in [3.05, 3.63) is 62.6 Å². The zero-order valence-electron chi connectivity index (χ0n) is 10.3. The number of aromatic nitrogens is 2. The van der Waals surface area contributed by atoms with E-state index in [0.717, 1.165) is 0 Å². The number of aromatic amines is 1. The predicted octanol–water partition coefficient (Wildman–Crippen LogP) is 3.77. The van der Waals surface area contributed by atoms with Gasteiger partial charge in [-0.3, -0.25) is 4.79 Å². The number of para-hydroxylation sites is 1. The van der Waals surface area contributed by atoms with Crippen LogP contribution in [0, 0.1) is 17.5 Å². The third-order valence-corrected chi connectivity index (χ3v) is 3.54. The van der Waals surface area contributed by atoms with Crippen molar-refractivity contribution in [3.63, 3.8) is 0 Å². The van der Waals surface area contributed by atoms with Gasteiger partial charge >= 0.3 is 0 Å². The lowest BCUT2D eigenvalue weighted by Gasteiger charge is -2.08. The van der Waals surface area contributed by atoms with Crippen molar-refractivity contribution >= 4 is 26.8 Å². The summed E-state index contributed by atoms with van der Waals surface area (Å²) in [5, 5.41) is 0.275. The smallest absolute Gasteiger partial charge is 0.259 e. The average Bonchev–Trinajstić information content (AvgIpc) is 2.46. The number of hydrogen-bond donors (Lipinski definition) is 1. The third-order valence-electron chi connectivity index (χ3n) is 2.96. The summed E-state index contributed by atoms with van der Waals surface area (Å²) in [4.78, 5) is 18.2. The van der Waals surface area contributed by atoms with Gasteiger partial charge in [0.15, 0.2) is 17.5 Å². The van der Waals surface area contributed by atoms with Crippen LogP contribution >= 0.6 is 15.9 Å². The molecule has 3 nitrogen and oxygen atoms in total. The summed E-state index contributed by atoms with van der Waals surface area (Å²) >= 11 is 2.80. The van der Waals surface area contributed by atoms with Gasteiger partial charge in [-0.1, -0.05) is 12.1 Å². The van der Waals surface area contributed by atoms with Crippen LogP contribution in [0.2, 0.25) is 0 Å². The van der Waals surface area contributed by atoms with E-state index in [1.54, 1.807) is 12.1 Å². The molecule has 1 aromatic heterocycles. The fraction of sp³-hybridized carbons (Fsp3) is 0. The molecule has 0 radical (unpaired) electrons. The van der Waals surface area contributed by atoms with Crippen LogP contribution in [0.1, 0.15) is 0 Å². The predicted molar refractivity (Wildman–Crippen MR) is 75.4 cm³/mol. The SMILES string of the molecule is O=c1[nH]c(-c2c(F)c(F)cc(Br)c2F)nc2ccccc12. The van der Waals surface area contributed by atoms with E-state index in [0.29, 0.717) is 6.07 Å². The monoisotopic (exact) mass is 354 g/mol. The standard InChI is InChI=1S/C14H6BrF3N2O/c15-7-5-8(16)12(18)10(11(7)17)13-19-9-4-2-1-3-6(9)14(21)20-13/h1-5H,(H,19,20,21). The maximum absolute atomic E-state index is 14.0. The van der Waals surface area contributed by atoms with Gasteiger partial charge in [0.2, 0.25) is 0 Å². The molecular weight excluding hydrogens is 349 g/mol. The second-order valence-electron chi connectivity index (χ2n) is 4.27. The minimum atomic E-state index is -1.41. The van der Waals surface area contributed by atoms with Crippen LogP contribution in [0.15, 0.2) is 39.6 Å². The minimum Gasteiger partial charge on any atom is -0.306 e. The van der Waals surface area contributed by atoms with Crippen molar-refractivity contribution < 1.29 is 13.2 Å². The Balaban J connectivity index is 2.39. The van der Waals surface area contributed by atoms with Crippen molar-refractivity contribution in [2.75, 3.05) is 0 Å². The lowest BCUT2D eigenvalue weighted by Crippen LogP contribution is -2.11. The van der Waals surface area contributed by atoms with Crippen LogP contribution in [0.4, 0.5) is 13.2 Å². The van der Waals surface area contributed by atoms with Gasteiger partial charge in [0.1, 0.15) is 5.82 Å². The first-order valence-electron chi connectivity index (χ1n) is 5.81. The van der Waals surface area contributed by atoms with Gasteiger partial charge in [-0.2, -0.15) is 0 Å². The highest BCUT2D eigenvalue weighted by Gasteiger charge is 2.21. The van der Waals surface area contributed by atoms with Gasteiger partial charge < -0.3 is 4.98 Å². The molecule has 0 bridgehead atoms. The van der Waals surface area contributed by atoms with E-state index in [9.17, 15) is 18.0 Å². The Labute approximate surface area is 124 Å². The number of hydrogen-bond acceptors (Lipinski definition) is 2. The van der Waals surface area contributed by atoms with Crippen molar-refractivity contribution in [3.8, 4) is 11.4 Å². The zero-order chi connectivity index (χ0) is 15.1. The van der Waals surface area contributed by atoms with Crippen LogP contribution in [0.25, 0.3) is 22.3 Å². The molecule has 0 aliphatic carbocycles. The van der Waals surface area contributed by atoms with Crippen molar-refractivity contribution in [1.29, 1.82) is 0 Å². The normalized spacial score (nSPS) is 11.0. The first kappa shape index (κ1) is 13.8. The largest absolute Gasteiger partial charge is 0.306 e. The summed E-state index contributed by atoms with van der Waals surface area (Å²) in [5.41, 5.74) is -1.02. The van der Waals surface area contributed by atoms with E-state index in [4.69, 9.17) is 0 Å².